The van der Waals surface area contributed by atoms with Crippen LogP contribution in [-0.4, -0.2) is 48.9 Å². The average molecular weight is 446 g/mol. The molecule has 0 atom stereocenters. The van der Waals surface area contributed by atoms with Crippen LogP contribution in [-0.2, 0) is 6.54 Å². The number of carbonyl (C=O) groups is 1. The maximum atomic E-state index is 13.5. The molecule has 2 aromatic heterocycles. The van der Waals surface area contributed by atoms with Gasteiger partial charge in [0.2, 0.25) is 0 Å². The zero-order valence-electron chi connectivity index (χ0n) is 18.2. The van der Waals surface area contributed by atoms with Gasteiger partial charge in [-0.05, 0) is 43.5 Å². The highest BCUT2D eigenvalue weighted by Gasteiger charge is 2.27. The molecule has 0 bridgehead atoms. The first-order chi connectivity index (χ1) is 16.0. The van der Waals surface area contributed by atoms with E-state index >= 15 is 0 Å². The minimum absolute atomic E-state index is 0.00128. The van der Waals surface area contributed by atoms with Gasteiger partial charge < -0.3 is 9.88 Å². The van der Waals surface area contributed by atoms with E-state index in [-0.39, 0.29) is 22.9 Å². The number of fused-ring (bicyclic) bond motifs is 1. The third kappa shape index (κ3) is 4.26. The summed E-state index contributed by atoms with van der Waals surface area (Å²) in [6.07, 6.45) is 1.30. The summed E-state index contributed by atoms with van der Waals surface area (Å²) in [6.45, 7) is 3.50. The van der Waals surface area contributed by atoms with Gasteiger partial charge in [0.1, 0.15) is 11.6 Å². The number of likely N-dealkylation sites (tertiary alicyclic amines) is 1. The van der Waals surface area contributed by atoms with Crippen molar-refractivity contribution in [3.8, 4) is 0 Å². The van der Waals surface area contributed by atoms with Crippen LogP contribution in [0.3, 0.4) is 0 Å². The smallest absolute Gasteiger partial charge is 0.281 e. The highest BCUT2D eigenvalue weighted by atomic mass is 19.1. The number of hydrogen-bond acceptors (Lipinski definition) is 5. The Kier molecular flexibility index (Phi) is 5.45. The molecule has 0 spiro atoms. The van der Waals surface area contributed by atoms with E-state index in [9.17, 15) is 14.0 Å². The van der Waals surface area contributed by atoms with Gasteiger partial charge in [-0.25, -0.2) is 14.1 Å². The fourth-order valence-electron chi connectivity index (χ4n) is 4.21. The summed E-state index contributed by atoms with van der Waals surface area (Å²) in [4.78, 5) is 34.6. The minimum atomic E-state index is -0.429. The molecule has 33 heavy (non-hydrogen) atoms. The van der Waals surface area contributed by atoms with Crippen LogP contribution in [0, 0.1) is 12.7 Å². The predicted molar refractivity (Wildman–Crippen MR) is 121 cm³/mol. The second kappa shape index (κ2) is 8.57. The lowest BCUT2D eigenvalue weighted by molar-refractivity contribution is 0.0710. The van der Waals surface area contributed by atoms with Crippen LogP contribution in [0.1, 0.15) is 46.1 Å². The van der Waals surface area contributed by atoms with Gasteiger partial charge in [-0.15, -0.1) is 5.10 Å². The molecule has 1 amide bonds. The van der Waals surface area contributed by atoms with Gasteiger partial charge in [0.25, 0.3) is 11.5 Å². The van der Waals surface area contributed by atoms with Crippen molar-refractivity contribution in [1.82, 2.24) is 29.9 Å². The fourth-order valence-corrected chi connectivity index (χ4v) is 4.21. The number of nitrogens with one attached hydrogen (secondary N) is 1. The molecule has 4 aromatic rings. The van der Waals surface area contributed by atoms with Crippen LogP contribution < -0.4 is 5.56 Å². The van der Waals surface area contributed by atoms with Crippen molar-refractivity contribution in [3.63, 3.8) is 0 Å². The van der Waals surface area contributed by atoms with Crippen LogP contribution in [0.2, 0.25) is 0 Å². The molecule has 9 heteroatoms. The van der Waals surface area contributed by atoms with E-state index < -0.39 is 5.82 Å². The molecule has 0 aliphatic carbocycles. The monoisotopic (exact) mass is 446 g/mol. The number of hydrogen-bond donors (Lipinski definition) is 1. The topological polar surface area (TPSA) is 96.8 Å². The van der Waals surface area contributed by atoms with E-state index in [4.69, 9.17) is 4.98 Å². The Hall–Kier alpha value is -3.88. The number of aromatic amines is 1. The van der Waals surface area contributed by atoms with Crippen molar-refractivity contribution >= 4 is 17.1 Å². The van der Waals surface area contributed by atoms with Crippen molar-refractivity contribution in [2.24, 2.45) is 0 Å². The Balaban J connectivity index is 1.34. The standard InChI is InChI=1S/C24H23FN6O2/c1-15-5-7-16(8-6-15)14-31-22-20(28-29-31)23(32)27-21(26-22)17-9-11-30(12-10-17)24(33)18-3-2-4-19(25)13-18/h2-8,13,17H,9-12,14H2,1H3,(H,26,27,32). The van der Waals surface area contributed by atoms with Crippen molar-refractivity contribution in [2.75, 3.05) is 13.1 Å². The first kappa shape index (κ1) is 21.0. The van der Waals surface area contributed by atoms with Crippen molar-refractivity contribution in [3.05, 3.63) is 87.2 Å². The molecule has 1 N–H and O–H groups in total. The van der Waals surface area contributed by atoms with Crippen LogP contribution in [0.5, 0.6) is 0 Å². The van der Waals surface area contributed by atoms with Gasteiger partial charge >= 0.3 is 0 Å². The summed E-state index contributed by atoms with van der Waals surface area (Å²) in [7, 11) is 0. The second-order valence-electron chi connectivity index (χ2n) is 8.43. The van der Waals surface area contributed by atoms with Crippen LogP contribution in [0.15, 0.2) is 53.3 Å². The van der Waals surface area contributed by atoms with Gasteiger partial charge in [0.15, 0.2) is 11.2 Å². The van der Waals surface area contributed by atoms with Crippen molar-refractivity contribution in [2.45, 2.75) is 32.2 Å². The average Bonchev–Trinajstić information content (AvgIpc) is 3.23. The summed E-state index contributed by atoms with van der Waals surface area (Å²) < 4.78 is 15.1. The molecule has 0 radical (unpaired) electrons. The van der Waals surface area contributed by atoms with Gasteiger partial charge in [-0.3, -0.25) is 9.59 Å². The lowest BCUT2D eigenvalue weighted by Crippen LogP contribution is -2.38. The lowest BCUT2D eigenvalue weighted by Gasteiger charge is -2.31. The number of rotatable bonds is 4. The van der Waals surface area contributed by atoms with Crippen LogP contribution in [0.25, 0.3) is 11.2 Å². The molecule has 1 saturated heterocycles. The molecule has 0 unspecified atom stereocenters. The molecule has 1 fully saturated rings. The number of nitrogens with zero attached hydrogens (tertiary/aromatic N) is 5. The number of amides is 1. The number of benzene rings is 2. The van der Waals surface area contributed by atoms with Gasteiger partial charge in [0.05, 0.1) is 6.54 Å². The Morgan fingerprint density at radius 2 is 1.91 bits per heavy atom. The lowest BCUT2D eigenvalue weighted by atomic mass is 9.95. The van der Waals surface area contributed by atoms with Crippen molar-refractivity contribution in [1.29, 1.82) is 0 Å². The van der Waals surface area contributed by atoms with E-state index in [0.29, 0.717) is 49.5 Å². The van der Waals surface area contributed by atoms with Crippen molar-refractivity contribution < 1.29 is 9.18 Å². The molecule has 3 heterocycles. The maximum absolute atomic E-state index is 13.5. The summed E-state index contributed by atoms with van der Waals surface area (Å²) in [6, 6.07) is 13.8. The Morgan fingerprint density at radius 3 is 2.64 bits per heavy atom. The number of aryl methyl sites for hydroxylation is 1. The largest absolute Gasteiger partial charge is 0.339 e. The summed E-state index contributed by atoms with van der Waals surface area (Å²) in [5, 5.41) is 8.15. The fraction of sp³-hybridized carbons (Fsp3) is 0.292. The van der Waals surface area contributed by atoms with Gasteiger partial charge in [-0.1, -0.05) is 41.1 Å². The van der Waals surface area contributed by atoms with E-state index in [1.165, 1.54) is 23.8 Å². The van der Waals surface area contributed by atoms with Gasteiger partial charge in [0, 0.05) is 24.6 Å². The molecule has 5 rings (SSSR count). The highest BCUT2D eigenvalue weighted by Crippen LogP contribution is 2.26. The van der Waals surface area contributed by atoms with Crippen LogP contribution in [0.4, 0.5) is 4.39 Å². The summed E-state index contributed by atoms with van der Waals surface area (Å²) >= 11 is 0. The zero-order chi connectivity index (χ0) is 22.9. The maximum Gasteiger partial charge on any atom is 0.281 e. The quantitative estimate of drug-likeness (QED) is 0.520. The molecular formula is C24H23FN6O2. The van der Waals surface area contributed by atoms with E-state index in [1.54, 1.807) is 15.6 Å². The van der Waals surface area contributed by atoms with Crippen LogP contribution >= 0.6 is 0 Å². The van der Waals surface area contributed by atoms with E-state index in [0.717, 1.165) is 5.56 Å². The molecule has 8 nitrogen and oxygen atoms in total. The zero-order valence-corrected chi connectivity index (χ0v) is 18.2. The third-order valence-electron chi connectivity index (χ3n) is 6.09. The highest BCUT2D eigenvalue weighted by molar-refractivity contribution is 5.94. The Bertz CT molecular complexity index is 1370. The first-order valence-corrected chi connectivity index (χ1v) is 10.9. The number of piperidine rings is 1. The number of aromatic nitrogens is 5. The third-order valence-corrected chi connectivity index (χ3v) is 6.09. The SMILES string of the molecule is Cc1ccc(Cn2nnc3c(=O)[nH]c(C4CCN(C(=O)c5cccc(F)c5)CC4)nc32)cc1. The summed E-state index contributed by atoms with van der Waals surface area (Å²) in [5.74, 6) is -0.0360. The van der Waals surface area contributed by atoms with Gasteiger partial charge in [-0.2, -0.15) is 0 Å². The molecule has 1 aliphatic heterocycles. The number of halogens is 1. The molecule has 0 saturated carbocycles. The normalized spacial score (nSPS) is 14.7. The Morgan fingerprint density at radius 1 is 1.15 bits per heavy atom. The first-order valence-electron chi connectivity index (χ1n) is 10.9. The molecule has 168 valence electrons. The second-order valence-corrected chi connectivity index (χ2v) is 8.43. The molecule has 2 aromatic carbocycles. The van der Waals surface area contributed by atoms with E-state index in [2.05, 4.69) is 15.3 Å². The predicted octanol–water partition coefficient (Wildman–Crippen LogP) is 3.03. The van der Waals surface area contributed by atoms with E-state index in [1.807, 2.05) is 31.2 Å². The molecule has 1 aliphatic rings. The Labute approximate surface area is 189 Å². The molecular weight excluding hydrogens is 423 g/mol. The number of carbonyl (C=O) groups excluding carboxylic acids is 1. The number of H-pyrrole nitrogens is 1. The minimum Gasteiger partial charge on any atom is -0.339 e. The summed E-state index contributed by atoms with van der Waals surface area (Å²) in [5.41, 5.74) is 2.90.